The summed E-state index contributed by atoms with van der Waals surface area (Å²) in [5.74, 6) is 0. The first-order chi connectivity index (χ1) is 12.5. The van der Waals surface area contributed by atoms with Gasteiger partial charge in [0, 0.05) is 25.7 Å². The average Bonchev–Trinajstić information content (AvgIpc) is 2.66. The molecule has 3 rings (SSSR count). The highest BCUT2D eigenvalue weighted by molar-refractivity contribution is 7.89. The fourth-order valence-electron chi connectivity index (χ4n) is 3.18. The lowest BCUT2D eigenvalue weighted by atomic mass is 10.1. The molecule has 0 radical (unpaired) electrons. The van der Waals surface area contributed by atoms with Crippen LogP contribution >= 0.6 is 0 Å². The molecule has 5 nitrogen and oxygen atoms in total. The van der Waals surface area contributed by atoms with E-state index in [1.165, 1.54) is 0 Å². The van der Waals surface area contributed by atoms with Crippen LogP contribution in [0.3, 0.4) is 0 Å². The number of nitrogens with one attached hydrogen (secondary N) is 1. The summed E-state index contributed by atoms with van der Waals surface area (Å²) in [6, 6.07) is 15.3. The Bertz CT molecular complexity index is 831. The van der Waals surface area contributed by atoms with E-state index >= 15 is 0 Å². The molecule has 1 fully saturated rings. The topological polar surface area (TPSA) is 58.6 Å². The minimum absolute atomic E-state index is 0.0126. The number of nitrogens with zero attached hydrogens (tertiary/aromatic N) is 1. The summed E-state index contributed by atoms with van der Waals surface area (Å²) in [4.78, 5) is 2.59. The molecule has 1 unspecified atom stereocenters. The molecule has 0 amide bonds. The Morgan fingerprint density at radius 1 is 1.04 bits per heavy atom. The third-order valence-corrected chi connectivity index (χ3v) is 6.35. The number of ether oxygens (including phenoxy) is 1. The Hall–Kier alpha value is -1.73. The minimum atomic E-state index is -3.55. The van der Waals surface area contributed by atoms with Crippen molar-refractivity contribution >= 4 is 10.0 Å². The monoisotopic (exact) mass is 374 g/mol. The molecule has 0 aromatic heterocycles. The molecule has 1 heterocycles. The SMILES string of the molecule is Cc1ccc(S(=O)(=O)NCC(c2ccccc2)N2CCOCC2)cc1C. The predicted molar refractivity (Wildman–Crippen MR) is 103 cm³/mol. The Morgan fingerprint density at radius 3 is 2.38 bits per heavy atom. The average molecular weight is 375 g/mol. The molecule has 1 aliphatic rings. The van der Waals surface area contributed by atoms with Gasteiger partial charge in [0.05, 0.1) is 18.1 Å². The Morgan fingerprint density at radius 2 is 1.73 bits per heavy atom. The molecule has 0 bridgehead atoms. The zero-order valence-electron chi connectivity index (χ0n) is 15.3. The van der Waals surface area contributed by atoms with Crippen molar-refractivity contribution in [1.29, 1.82) is 0 Å². The first-order valence-corrected chi connectivity index (χ1v) is 10.4. The van der Waals surface area contributed by atoms with Crippen LogP contribution in [0.25, 0.3) is 0 Å². The number of benzene rings is 2. The second-order valence-corrected chi connectivity index (χ2v) is 8.44. The fraction of sp³-hybridized carbons (Fsp3) is 0.400. The number of hydrogen-bond donors (Lipinski definition) is 1. The number of aryl methyl sites for hydroxylation is 2. The zero-order chi connectivity index (χ0) is 18.6. The van der Waals surface area contributed by atoms with Crippen LogP contribution in [0.15, 0.2) is 53.4 Å². The highest BCUT2D eigenvalue weighted by Crippen LogP contribution is 2.22. The van der Waals surface area contributed by atoms with Gasteiger partial charge in [-0.25, -0.2) is 13.1 Å². The largest absolute Gasteiger partial charge is 0.379 e. The van der Waals surface area contributed by atoms with Crippen LogP contribution < -0.4 is 4.72 Å². The molecule has 0 aliphatic carbocycles. The standard InChI is InChI=1S/C20H26N2O3S/c1-16-8-9-19(14-17(16)2)26(23,24)21-15-20(18-6-4-3-5-7-18)22-10-12-25-13-11-22/h3-9,14,20-21H,10-13,15H2,1-2H3. The third-order valence-electron chi connectivity index (χ3n) is 4.93. The highest BCUT2D eigenvalue weighted by atomic mass is 32.2. The smallest absolute Gasteiger partial charge is 0.240 e. The summed E-state index contributed by atoms with van der Waals surface area (Å²) in [7, 11) is -3.55. The van der Waals surface area contributed by atoms with E-state index in [2.05, 4.69) is 9.62 Å². The van der Waals surface area contributed by atoms with Crippen LogP contribution in [0.5, 0.6) is 0 Å². The van der Waals surface area contributed by atoms with E-state index in [9.17, 15) is 8.42 Å². The molecule has 1 atom stereocenters. The second-order valence-electron chi connectivity index (χ2n) is 6.67. The third kappa shape index (κ3) is 4.51. The van der Waals surface area contributed by atoms with Crippen LogP contribution in [0.4, 0.5) is 0 Å². The molecule has 2 aromatic rings. The van der Waals surface area contributed by atoms with Crippen molar-refractivity contribution in [2.24, 2.45) is 0 Å². The first kappa shape index (κ1) is 19.0. The predicted octanol–water partition coefficient (Wildman–Crippen LogP) is 2.66. The van der Waals surface area contributed by atoms with Crippen LogP contribution in [0.1, 0.15) is 22.7 Å². The molecule has 0 spiro atoms. The maximum atomic E-state index is 12.8. The van der Waals surface area contributed by atoms with Gasteiger partial charge >= 0.3 is 0 Å². The van der Waals surface area contributed by atoms with E-state index in [-0.39, 0.29) is 6.04 Å². The fourth-order valence-corrected chi connectivity index (χ4v) is 4.30. The van der Waals surface area contributed by atoms with Gasteiger partial charge in [0.15, 0.2) is 0 Å². The summed E-state index contributed by atoms with van der Waals surface area (Å²) in [5, 5.41) is 0. The second kappa shape index (κ2) is 8.31. The summed E-state index contributed by atoms with van der Waals surface area (Å²) < 4.78 is 33.8. The Balaban J connectivity index is 1.79. The minimum Gasteiger partial charge on any atom is -0.379 e. The summed E-state index contributed by atoms with van der Waals surface area (Å²) in [5.41, 5.74) is 3.16. The molecule has 0 saturated carbocycles. The van der Waals surface area contributed by atoms with Crippen LogP contribution in [0, 0.1) is 13.8 Å². The van der Waals surface area contributed by atoms with Crippen molar-refractivity contribution in [3.8, 4) is 0 Å². The van der Waals surface area contributed by atoms with Gasteiger partial charge in [-0.3, -0.25) is 4.90 Å². The lowest BCUT2D eigenvalue weighted by Crippen LogP contribution is -2.43. The lowest BCUT2D eigenvalue weighted by Gasteiger charge is -2.34. The number of hydrogen-bond acceptors (Lipinski definition) is 4. The highest BCUT2D eigenvalue weighted by Gasteiger charge is 2.25. The van der Waals surface area contributed by atoms with Crippen molar-refractivity contribution in [2.45, 2.75) is 24.8 Å². The molecule has 140 valence electrons. The first-order valence-electron chi connectivity index (χ1n) is 8.91. The van der Waals surface area contributed by atoms with Gasteiger partial charge in [0.25, 0.3) is 0 Å². The normalized spacial score (nSPS) is 17.2. The molecule has 1 N–H and O–H groups in total. The van der Waals surface area contributed by atoms with Crippen LogP contribution in [0.2, 0.25) is 0 Å². The molecule has 1 aliphatic heterocycles. The Kier molecular flexibility index (Phi) is 6.09. The maximum absolute atomic E-state index is 12.8. The van der Waals surface area contributed by atoms with E-state index in [0.29, 0.717) is 24.7 Å². The van der Waals surface area contributed by atoms with Crippen LogP contribution in [-0.4, -0.2) is 46.2 Å². The van der Waals surface area contributed by atoms with Crippen molar-refractivity contribution in [3.63, 3.8) is 0 Å². The van der Waals surface area contributed by atoms with E-state index in [0.717, 1.165) is 29.8 Å². The van der Waals surface area contributed by atoms with Gasteiger partial charge in [0.1, 0.15) is 0 Å². The van der Waals surface area contributed by atoms with Crippen LogP contribution in [-0.2, 0) is 14.8 Å². The van der Waals surface area contributed by atoms with Gasteiger partial charge in [-0.15, -0.1) is 0 Å². The number of sulfonamides is 1. The Labute approximate surface area is 156 Å². The van der Waals surface area contributed by atoms with Crippen molar-refractivity contribution in [1.82, 2.24) is 9.62 Å². The van der Waals surface area contributed by atoms with Gasteiger partial charge in [0.2, 0.25) is 10.0 Å². The van der Waals surface area contributed by atoms with E-state index in [1.807, 2.05) is 50.2 Å². The molecular formula is C20H26N2O3S. The van der Waals surface area contributed by atoms with Crippen molar-refractivity contribution in [3.05, 3.63) is 65.2 Å². The quantitative estimate of drug-likeness (QED) is 0.845. The van der Waals surface area contributed by atoms with E-state index in [4.69, 9.17) is 4.74 Å². The molecule has 2 aromatic carbocycles. The number of morpholine rings is 1. The van der Waals surface area contributed by atoms with E-state index < -0.39 is 10.0 Å². The number of rotatable bonds is 6. The molecule has 6 heteroatoms. The summed E-state index contributed by atoms with van der Waals surface area (Å²) >= 11 is 0. The maximum Gasteiger partial charge on any atom is 0.240 e. The van der Waals surface area contributed by atoms with Gasteiger partial charge in [-0.2, -0.15) is 0 Å². The molecular weight excluding hydrogens is 348 g/mol. The van der Waals surface area contributed by atoms with Crippen molar-refractivity contribution in [2.75, 3.05) is 32.8 Å². The summed E-state index contributed by atoms with van der Waals surface area (Å²) in [6.45, 7) is 7.17. The zero-order valence-corrected chi connectivity index (χ0v) is 16.1. The summed E-state index contributed by atoms with van der Waals surface area (Å²) in [6.07, 6.45) is 0. The van der Waals surface area contributed by atoms with Gasteiger partial charge < -0.3 is 4.74 Å². The van der Waals surface area contributed by atoms with Crippen molar-refractivity contribution < 1.29 is 13.2 Å². The molecule has 26 heavy (non-hydrogen) atoms. The molecule has 1 saturated heterocycles. The lowest BCUT2D eigenvalue weighted by molar-refractivity contribution is 0.0172. The van der Waals surface area contributed by atoms with Gasteiger partial charge in [-0.05, 0) is 42.7 Å². The van der Waals surface area contributed by atoms with E-state index in [1.54, 1.807) is 12.1 Å². The van der Waals surface area contributed by atoms with Gasteiger partial charge in [-0.1, -0.05) is 36.4 Å².